The average molecular weight is 494 g/mol. The summed E-state index contributed by atoms with van der Waals surface area (Å²) in [6, 6.07) is 12.1. The summed E-state index contributed by atoms with van der Waals surface area (Å²) < 4.78 is 33.3. The number of sulfonamides is 1. The number of carbonyl (C=O) groups excluding carboxylic acids is 1. The highest BCUT2D eigenvalue weighted by atomic mass is 79.9. The highest BCUT2D eigenvalue weighted by Crippen LogP contribution is 2.28. The molecule has 2 aromatic carbocycles. The number of para-hydroxylation sites is 1. The fourth-order valence-electron chi connectivity index (χ4n) is 3.33. The Morgan fingerprint density at radius 2 is 1.77 bits per heavy atom. The van der Waals surface area contributed by atoms with Crippen LogP contribution in [0.4, 0.5) is 5.69 Å². The lowest BCUT2D eigenvalue weighted by atomic mass is 10.2. The van der Waals surface area contributed by atoms with E-state index in [4.69, 9.17) is 4.42 Å². The lowest BCUT2D eigenvalue weighted by molar-refractivity contribution is -0.385. The Morgan fingerprint density at radius 1 is 1.07 bits per heavy atom. The predicted octanol–water partition coefficient (Wildman–Crippen LogP) is 3.25. The van der Waals surface area contributed by atoms with Crippen molar-refractivity contribution in [2.75, 3.05) is 26.2 Å². The molecule has 30 heavy (non-hydrogen) atoms. The Kier molecular flexibility index (Phi) is 5.35. The van der Waals surface area contributed by atoms with E-state index in [-0.39, 0.29) is 48.4 Å². The standard InChI is InChI=1S/C19H16BrN3O6S/c20-16-6-1-3-13-11-17(29-18(13)16)19(24)21-7-9-22(10-8-21)30(27,28)15-5-2-4-14(12-15)23(25)26/h1-6,11-12H,7-10H2. The van der Waals surface area contributed by atoms with Gasteiger partial charge in [-0.2, -0.15) is 4.31 Å². The zero-order valence-electron chi connectivity index (χ0n) is 15.5. The molecule has 2 heterocycles. The maximum atomic E-state index is 12.8. The van der Waals surface area contributed by atoms with Gasteiger partial charge in [0.05, 0.1) is 14.3 Å². The van der Waals surface area contributed by atoms with Gasteiger partial charge in [-0.3, -0.25) is 14.9 Å². The first-order chi connectivity index (χ1) is 14.3. The third-order valence-corrected chi connectivity index (χ3v) is 7.42. The van der Waals surface area contributed by atoms with Crippen LogP contribution in [-0.4, -0.2) is 54.6 Å². The summed E-state index contributed by atoms with van der Waals surface area (Å²) in [6.07, 6.45) is 0. The van der Waals surface area contributed by atoms with Gasteiger partial charge in [-0.15, -0.1) is 0 Å². The number of nitro groups is 1. The van der Waals surface area contributed by atoms with Crippen molar-refractivity contribution in [3.63, 3.8) is 0 Å². The lowest BCUT2D eigenvalue weighted by Crippen LogP contribution is -2.50. The predicted molar refractivity (Wildman–Crippen MR) is 112 cm³/mol. The van der Waals surface area contributed by atoms with Gasteiger partial charge in [0, 0.05) is 43.7 Å². The van der Waals surface area contributed by atoms with E-state index in [0.29, 0.717) is 5.58 Å². The van der Waals surface area contributed by atoms with E-state index in [9.17, 15) is 23.3 Å². The number of amides is 1. The molecule has 1 saturated heterocycles. The largest absolute Gasteiger partial charge is 0.450 e. The maximum Gasteiger partial charge on any atom is 0.289 e. The number of nitro benzene ring substituents is 1. The zero-order chi connectivity index (χ0) is 21.5. The first-order valence-corrected chi connectivity index (χ1v) is 11.2. The summed E-state index contributed by atoms with van der Waals surface area (Å²) >= 11 is 3.39. The number of non-ortho nitro benzene ring substituents is 1. The van der Waals surface area contributed by atoms with E-state index in [1.54, 1.807) is 6.07 Å². The van der Waals surface area contributed by atoms with Gasteiger partial charge in [-0.05, 0) is 34.1 Å². The minimum Gasteiger partial charge on any atom is -0.450 e. The van der Waals surface area contributed by atoms with Crippen molar-refractivity contribution in [3.05, 3.63) is 68.9 Å². The van der Waals surface area contributed by atoms with Crippen molar-refractivity contribution in [3.8, 4) is 0 Å². The summed E-state index contributed by atoms with van der Waals surface area (Å²) in [5, 5.41) is 11.7. The fourth-order valence-corrected chi connectivity index (χ4v) is 5.25. The minimum atomic E-state index is -3.90. The number of rotatable bonds is 4. The van der Waals surface area contributed by atoms with E-state index >= 15 is 0 Å². The molecule has 1 fully saturated rings. The minimum absolute atomic E-state index is 0.0840. The van der Waals surface area contributed by atoms with Crippen molar-refractivity contribution < 1.29 is 22.6 Å². The number of carbonyl (C=O) groups is 1. The van der Waals surface area contributed by atoms with Crippen molar-refractivity contribution in [2.45, 2.75) is 4.90 Å². The summed E-state index contributed by atoms with van der Waals surface area (Å²) in [5.41, 5.74) is 0.286. The van der Waals surface area contributed by atoms with Crippen LogP contribution in [0.25, 0.3) is 11.0 Å². The maximum absolute atomic E-state index is 12.8. The molecular formula is C19H16BrN3O6S. The number of fused-ring (bicyclic) bond motifs is 1. The Balaban J connectivity index is 1.49. The molecule has 1 amide bonds. The molecule has 1 aromatic heterocycles. The molecule has 0 saturated carbocycles. The normalized spacial score (nSPS) is 15.4. The first kappa shape index (κ1) is 20.5. The van der Waals surface area contributed by atoms with E-state index in [2.05, 4.69) is 15.9 Å². The molecule has 9 nitrogen and oxygen atoms in total. The molecule has 1 aliphatic rings. The van der Waals surface area contributed by atoms with Gasteiger partial charge in [-0.1, -0.05) is 18.2 Å². The van der Waals surface area contributed by atoms with Crippen LogP contribution in [0.3, 0.4) is 0 Å². The van der Waals surface area contributed by atoms with Crippen LogP contribution in [0.5, 0.6) is 0 Å². The van der Waals surface area contributed by atoms with Gasteiger partial charge in [-0.25, -0.2) is 8.42 Å². The van der Waals surface area contributed by atoms with Crippen LogP contribution >= 0.6 is 15.9 Å². The first-order valence-electron chi connectivity index (χ1n) is 8.99. The molecule has 1 aliphatic heterocycles. The van der Waals surface area contributed by atoms with Crippen molar-refractivity contribution >= 4 is 48.5 Å². The van der Waals surface area contributed by atoms with Crippen molar-refractivity contribution in [2.24, 2.45) is 0 Å². The molecular weight excluding hydrogens is 478 g/mol. The second-order valence-corrected chi connectivity index (χ2v) is 9.51. The molecule has 0 radical (unpaired) electrons. The monoisotopic (exact) mass is 493 g/mol. The molecule has 3 aromatic rings. The molecule has 156 valence electrons. The number of hydrogen-bond donors (Lipinski definition) is 0. The summed E-state index contributed by atoms with van der Waals surface area (Å²) in [7, 11) is -3.90. The third kappa shape index (κ3) is 3.71. The van der Waals surface area contributed by atoms with Crippen LogP contribution in [0.15, 0.2) is 62.3 Å². The Labute approximate surface area is 180 Å². The van der Waals surface area contributed by atoms with Crippen LogP contribution in [0.1, 0.15) is 10.6 Å². The summed E-state index contributed by atoms with van der Waals surface area (Å²) in [5.74, 6) is -0.127. The molecule has 0 aliphatic carbocycles. The Hall–Kier alpha value is -2.76. The number of furan rings is 1. The topological polar surface area (TPSA) is 114 Å². The van der Waals surface area contributed by atoms with Crippen molar-refractivity contribution in [1.82, 2.24) is 9.21 Å². The fraction of sp³-hybridized carbons (Fsp3) is 0.211. The number of hydrogen-bond acceptors (Lipinski definition) is 6. The highest BCUT2D eigenvalue weighted by molar-refractivity contribution is 9.10. The van der Waals surface area contributed by atoms with Gasteiger partial charge in [0.25, 0.3) is 11.6 Å². The van der Waals surface area contributed by atoms with Crippen LogP contribution < -0.4 is 0 Å². The van der Waals surface area contributed by atoms with Crippen LogP contribution in [0, 0.1) is 10.1 Å². The quantitative estimate of drug-likeness (QED) is 0.407. The molecule has 0 atom stereocenters. The SMILES string of the molecule is O=C(c1cc2cccc(Br)c2o1)N1CCN(S(=O)(=O)c2cccc([N+](=O)[O-])c2)CC1. The van der Waals surface area contributed by atoms with Gasteiger partial charge in [0.2, 0.25) is 10.0 Å². The number of benzene rings is 2. The Morgan fingerprint density at radius 3 is 2.43 bits per heavy atom. The van der Waals surface area contributed by atoms with Gasteiger partial charge < -0.3 is 9.32 Å². The second-order valence-electron chi connectivity index (χ2n) is 6.72. The lowest BCUT2D eigenvalue weighted by Gasteiger charge is -2.33. The molecule has 11 heteroatoms. The van der Waals surface area contributed by atoms with Gasteiger partial charge in [0.15, 0.2) is 5.76 Å². The smallest absolute Gasteiger partial charge is 0.289 e. The molecule has 0 bridgehead atoms. The van der Waals surface area contributed by atoms with Crippen molar-refractivity contribution in [1.29, 1.82) is 0 Å². The van der Waals surface area contributed by atoms with Crippen LogP contribution in [-0.2, 0) is 10.0 Å². The Bertz CT molecular complexity index is 1250. The summed E-state index contributed by atoms with van der Waals surface area (Å²) in [6.45, 7) is 0.539. The summed E-state index contributed by atoms with van der Waals surface area (Å²) in [4.78, 5) is 24.5. The van der Waals surface area contributed by atoms with Gasteiger partial charge in [0.1, 0.15) is 5.58 Å². The highest BCUT2D eigenvalue weighted by Gasteiger charge is 2.32. The molecule has 0 spiro atoms. The average Bonchev–Trinajstić information content (AvgIpc) is 3.19. The molecule has 0 N–H and O–H groups in total. The number of piperazine rings is 1. The van der Waals surface area contributed by atoms with E-state index in [1.807, 2.05) is 18.2 Å². The van der Waals surface area contributed by atoms with E-state index in [0.717, 1.165) is 15.9 Å². The van der Waals surface area contributed by atoms with E-state index in [1.165, 1.54) is 27.4 Å². The van der Waals surface area contributed by atoms with Gasteiger partial charge >= 0.3 is 0 Å². The van der Waals surface area contributed by atoms with Crippen LogP contribution in [0.2, 0.25) is 0 Å². The third-order valence-electron chi connectivity index (χ3n) is 4.90. The second kappa shape index (κ2) is 7.82. The number of nitrogens with zero attached hydrogens (tertiary/aromatic N) is 3. The molecule has 4 rings (SSSR count). The van der Waals surface area contributed by atoms with E-state index < -0.39 is 14.9 Å². The zero-order valence-corrected chi connectivity index (χ0v) is 17.9. The number of halogens is 1. The molecule has 0 unspecified atom stereocenters.